The average Bonchev–Trinajstić information content (AvgIpc) is 2.91. The average molecular weight is 526 g/mol. The zero-order valence-corrected chi connectivity index (χ0v) is 23.2. The summed E-state index contributed by atoms with van der Waals surface area (Å²) in [6.45, 7) is 7.38. The summed E-state index contributed by atoms with van der Waals surface area (Å²) in [5.41, 5.74) is 2.35. The Morgan fingerprint density at radius 1 is 0.973 bits per heavy atom. The minimum absolute atomic E-state index is 0.0445. The highest BCUT2D eigenvalue weighted by Gasteiger charge is 2.28. The first-order valence-corrected chi connectivity index (χ1v) is 15.8. The molecule has 0 bridgehead atoms. The Morgan fingerprint density at radius 2 is 1.62 bits per heavy atom. The van der Waals surface area contributed by atoms with Crippen LogP contribution in [-0.2, 0) is 14.6 Å². The quantitative estimate of drug-likeness (QED) is 0.483. The Labute approximate surface area is 223 Å². The molecular formula is C30H43N3O3S. The third-order valence-corrected chi connectivity index (χ3v) is 9.43. The summed E-state index contributed by atoms with van der Waals surface area (Å²) in [4.78, 5) is 16.0. The summed E-state index contributed by atoms with van der Waals surface area (Å²) < 4.78 is 23.5. The van der Waals surface area contributed by atoms with Crippen LogP contribution in [0.4, 0.5) is 0 Å². The molecule has 37 heavy (non-hydrogen) atoms. The van der Waals surface area contributed by atoms with Gasteiger partial charge in [0.1, 0.15) is 0 Å². The third-order valence-electron chi connectivity index (χ3n) is 8.31. The van der Waals surface area contributed by atoms with E-state index >= 15 is 0 Å². The van der Waals surface area contributed by atoms with Crippen LogP contribution in [0.25, 0.3) is 0 Å². The van der Waals surface area contributed by atoms with Gasteiger partial charge in [0.2, 0.25) is 5.91 Å². The Hall–Kier alpha value is -2.22. The van der Waals surface area contributed by atoms with Gasteiger partial charge in [0.05, 0.1) is 10.8 Å². The van der Waals surface area contributed by atoms with E-state index in [9.17, 15) is 13.2 Å². The maximum Gasteiger partial charge on any atom is 0.227 e. The minimum Gasteiger partial charge on any atom is -0.353 e. The van der Waals surface area contributed by atoms with Crippen LogP contribution in [0.2, 0.25) is 0 Å². The van der Waals surface area contributed by atoms with Crippen molar-refractivity contribution in [2.24, 2.45) is 5.92 Å². The number of nitrogens with one attached hydrogen (secondary N) is 2. The Kier molecular flexibility index (Phi) is 9.79. The molecule has 2 unspecified atom stereocenters. The second-order valence-corrected chi connectivity index (χ2v) is 12.8. The third kappa shape index (κ3) is 7.65. The maximum atomic E-state index is 13.1. The Bertz CT molecular complexity index is 1090. The molecule has 6 nitrogen and oxygen atoms in total. The normalized spacial score (nSPS) is 19.8. The van der Waals surface area contributed by atoms with Crippen molar-refractivity contribution in [1.82, 2.24) is 15.5 Å². The molecule has 2 heterocycles. The predicted octanol–water partition coefficient (Wildman–Crippen LogP) is 4.34. The molecule has 2 aliphatic heterocycles. The van der Waals surface area contributed by atoms with Crippen molar-refractivity contribution in [2.45, 2.75) is 68.2 Å². The van der Waals surface area contributed by atoms with Gasteiger partial charge in [-0.3, -0.25) is 4.79 Å². The molecule has 2 aromatic carbocycles. The maximum absolute atomic E-state index is 13.1. The fourth-order valence-corrected chi connectivity index (χ4v) is 6.70. The summed E-state index contributed by atoms with van der Waals surface area (Å²) in [5, 5.41) is 6.79. The molecule has 1 amide bonds. The first kappa shape index (κ1) is 27.8. The van der Waals surface area contributed by atoms with Crippen LogP contribution in [0.15, 0.2) is 59.5 Å². The summed E-state index contributed by atoms with van der Waals surface area (Å²) in [6.07, 6.45) is 7.52. The SMILES string of the molecule is CCC(C(=O)NC1CCN(CCC(c2ccccc2)C2CCNCC2)CC1)c1ccc(S(C)(=O)=O)cc1. The van der Waals surface area contributed by atoms with Crippen molar-refractivity contribution in [2.75, 3.05) is 39.0 Å². The molecular weight excluding hydrogens is 482 g/mol. The molecule has 0 aromatic heterocycles. The number of hydrogen-bond acceptors (Lipinski definition) is 5. The molecule has 0 radical (unpaired) electrons. The van der Waals surface area contributed by atoms with Crippen LogP contribution in [0.1, 0.15) is 68.4 Å². The molecule has 2 saturated heterocycles. The van der Waals surface area contributed by atoms with Gasteiger partial charge >= 0.3 is 0 Å². The number of amides is 1. The van der Waals surface area contributed by atoms with E-state index in [1.807, 2.05) is 6.92 Å². The van der Waals surface area contributed by atoms with Gasteiger partial charge in [-0.15, -0.1) is 0 Å². The van der Waals surface area contributed by atoms with E-state index in [2.05, 4.69) is 45.9 Å². The smallest absolute Gasteiger partial charge is 0.227 e. The fourth-order valence-electron chi connectivity index (χ4n) is 6.07. The highest BCUT2D eigenvalue weighted by Crippen LogP contribution is 2.34. The number of piperidine rings is 2. The Morgan fingerprint density at radius 3 is 2.22 bits per heavy atom. The summed E-state index contributed by atoms with van der Waals surface area (Å²) in [7, 11) is -3.24. The van der Waals surface area contributed by atoms with Crippen molar-refractivity contribution >= 4 is 15.7 Å². The molecule has 2 aliphatic rings. The number of sulfone groups is 1. The highest BCUT2D eigenvalue weighted by molar-refractivity contribution is 7.90. The molecule has 7 heteroatoms. The fraction of sp³-hybridized carbons (Fsp3) is 0.567. The topological polar surface area (TPSA) is 78.5 Å². The van der Waals surface area contributed by atoms with Crippen LogP contribution in [0, 0.1) is 5.92 Å². The summed E-state index contributed by atoms with van der Waals surface area (Å²) in [5.74, 6) is 1.14. The van der Waals surface area contributed by atoms with Crippen molar-refractivity contribution < 1.29 is 13.2 Å². The second kappa shape index (κ2) is 13.0. The molecule has 0 aliphatic carbocycles. The summed E-state index contributed by atoms with van der Waals surface area (Å²) in [6, 6.07) is 18.0. The van der Waals surface area contributed by atoms with Crippen LogP contribution in [0.3, 0.4) is 0 Å². The van der Waals surface area contributed by atoms with E-state index in [0.717, 1.165) is 57.0 Å². The van der Waals surface area contributed by atoms with Crippen molar-refractivity contribution in [3.05, 3.63) is 65.7 Å². The monoisotopic (exact) mass is 525 g/mol. The zero-order chi connectivity index (χ0) is 26.3. The number of carbonyl (C=O) groups is 1. The van der Waals surface area contributed by atoms with Gasteiger partial charge in [0, 0.05) is 25.4 Å². The lowest BCUT2D eigenvalue weighted by Gasteiger charge is -2.36. The van der Waals surface area contributed by atoms with Gasteiger partial charge in [-0.1, -0.05) is 49.4 Å². The molecule has 0 spiro atoms. The van der Waals surface area contributed by atoms with E-state index in [-0.39, 0.29) is 22.8 Å². The van der Waals surface area contributed by atoms with Crippen LogP contribution >= 0.6 is 0 Å². The highest BCUT2D eigenvalue weighted by atomic mass is 32.2. The van der Waals surface area contributed by atoms with Gasteiger partial charge < -0.3 is 15.5 Å². The standard InChI is InChI=1S/C30H43N3O3S/c1-3-28(24-9-11-27(12-10-24)37(2,35)36)30(34)32-26-15-20-33(21-16-26)22-17-29(23-7-5-4-6-8-23)25-13-18-31-19-14-25/h4-12,25-26,28-29,31H,3,13-22H2,1-2H3,(H,32,34). The van der Waals surface area contributed by atoms with Gasteiger partial charge in [0.25, 0.3) is 0 Å². The lowest BCUT2D eigenvalue weighted by Crippen LogP contribution is -2.46. The van der Waals surface area contributed by atoms with Crippen molar-refractivity contribution in [3.8, 4) is 0 Å². The lowest BCUT2D eigenvalue weighted by atomic mass is 9.78. The minimum atomic E-state index is -3.24. The van der Waals surface area contributed by atoms with E-state index < -0.39 is 9.84 Å². The van der Waals surface area contributed by atoms with Gasteiger partial charge in [0.15, 0.2) is 9.84 Å². The van der Waals surface area contributed by atoms with E-state index in [1.165, 1.54) is 31.1 Å². The molecule has 4 rings (SSSR count). The summed E-state index contributed by atoms with van der Waals surface area (Å²) >= 11 is 0. The van der Waals surface area contributed by atoms with Gasteiger partial charge in [-0.25, -0.2) is 8.42 Å². The lowest BCUT2D eigenvalue weighted by molar-refractivity contribution is -0.123. The first-order valence-electron chi connectivity index (χ1n) is 13.9. The van der Waals surface area contributed by atoms with E-state index in [4.69, 9.17) is 0 Å². The molecule has 2 fully saturated rings. The number of nitrogens with zero attached hydrogens (tertiary/aromatic N) is 1. The zero-order valence-electron chi connectivity index (χ0n) is 22.4. The van der Waals surface area contributed by atoms with E-state index in [0.29, 0.717) is 12.3 Å². The van der Waals surface area contributed by atoms with Crippen LogP contribution < -0.4 is 10.6 Å². The second-order valence-electron chi connectivity index (χ2n) is 10.8. The molecule has 2 atom stereocenters. The van der Waals surface area contributed by atoms with Crippen LogP contribution in [-0.4, -0.2) is 64.2 Å². The first-order chi connectivity index (χ1) is 17.8. The molecule has 0 saturated carbocycles. The number of carbonyl (C=O) groups excluding carboxylic acids is 1. The van der Waals surface area contributed by atoms with Crippen molar-refractivity contribution in [1.29, 1.82) is 0 Å². The number of likely N-dealkylation sites (tertiary alicyclic amines) is 1. The molecule has 2 aromatic rings. The predicted molar refractivity (Wildman–Crippen MR) is 150 cm³/mol. The largest absolute Gasteiger partial charge is 0.353 e. The van der Waals surface area contributed by atoms with Crippen LogP contribution in [0.5, 0.6) is 0 Å². The number of hydrogen-bond donors (Lipinski definition) is 2. The van der Waals surface area contributed by atoms with Gasteiger partial charge in [-0.2, -0.15) is 0 Å². The number of rotatable bonds is 10. The molecule has 2 N–H and O–H groups in total. The molecule has 202 valence electrons. The van der Waals surface area contributed by atoms with E-state index in [1.54, 1.807) is 24.3 Å². The Balaban J connectivity index is 1.27. The van der Waals surface area contributed by atoms with Crippen molar-refractivity contribution in [3.63, 3.8) is 0 Å². The van der Waals surface area contributed by atoms with Gasteiger partial charge in [-0.05, 0) is 93.3 Å². The number of benzene rings is 2.